The van der Waals surface area contributed by atoms with Crippen molar-refractivity contribution in [2.75, 3.05) is 26.8 Å². The summed E-state index contributed by atoms with van der Waals surface area (Å²) in [6.45, 7) is 6.89. The highest BCUT2D eigenvalue weighted by atomic mass is 16.6. The number of carbonyl (C=O) groups is 2. The number of aliphatic carboxylic acids is 1. The molecule has 1 aliphatic heterocycles. The fourth-order valence-corrected chi connectivity index (χ4v) is 2.37. The third kappa shape index (κ3) is 6.31. The van der Waals surface area contributed by atoms with E-state index in [2.05, 4.69) is 5.32 Å². The van der Waals surface area contributed by atoms with E-state index in [1.165, 1.54) is 0 Å². The molecule has 0 aromatic rings. The van der Waals surface area contributed by atoms with Crippen LogP contribution < -0.4 is 5.32 Å². The van der Waals surface area contributed by atoms with Crippen LogP contribution in [0.15, 0.2) is 0 Å². The number of methoxy groups -OCH3 is 1. The standard InChI is InChI=1S/C14H26N2O5/c1-14(2,3)21-13(19)15-10-5-6-11(12(17)18)16(9-10)7-8-20-4/h10-11H,5-9H2,1-4H3,(H,15,19)(H,17,18)/t10-,11+/m1/s1. The van der Waals surface area contributed by atoms with Crippen LogP contribution in [0.2, 0.25) is 0 Å². The average Bonchev–Trinajstić information content (AvgIpc) is 2.33. The number of hydrogen-bond acceptors (Lipinski definition) is 5. The summed E-state index contributed by atoms with van der Waals surface area (Å²) in [5, 5.41) is 12.0. The van der Waals surface area contributed by atoms with Crippen LogP contribution in [0.1, 0.15) is 33.6 Å². The normalized spacial score (nSPS) is 23.6. The number of rotatable bonds is 5. The Morgan fingerprint density at radius 1 is 1.33 bits per heavy atom. The number of ether oxygens (including phenoxy) is 2. The average molecular weight is 302 g/mol. The van der Waals surface area contributed by atoms with Crippen molar-refractivity contribution in [3.63, 3.8) is 0 Å². The summed E-state index contributed by atoms with van der Waals surface area (Å²) >= 11 is 0. The first-order chi connectivity index (χ1) is 9.73. The molecule has 2 atom stereocenters. The summed E-state index contributed by atoms with van der Waals surface area (Å²) < 4.78 is 10.2. The smallest absolute Gasteiger partial charge is 0.407 e. The lowest BCUT2D eigenvalue weighted by molar-refractivity contribution is -0.145. The van der Waals surface area contributed by atoms with Gasteiger partial charge in [-0.15, -0.1) is 0 Å². The van der Waals surface area contributed by atoms with Crippen LogP contribution in [0.3, 0.4) is 0 Å². The van der Waals surface area contributed by atoms with E-state index < -0.39 is 23.7 Å². The third-order valence-corrected chi connectivity index (χ3v) is 3.27. The van der Waals surface area contributed by atoms with Gasteiger partial charge < -0.3 is 19.9 Å². The van der Waals surface area contributed by atoms with Gasteiger partial charge in [0.1, 0.15) is 11.6 Å². The minimum atomic E-state index is -0.832. The molecule has 122 valence electrons. The van der Waals surface area contributed by atoms with Crippen LogP contribution in [0.4, 0.5) is 4.79 Å². The van der Waals surface area contributed by atoms with Gasteiger partial charge in [0, 0.05) is 26.2 Å². The molecule has 1 rings (SSSR count). The molecule has 0 spiro atoms. The Morgan fingerprint density at radius 2 is 2.00 bits per heavy atom. The molecular formula is C14H26N2O5. The number of hydrogen-bond donors (Lipinski definition) is 2. The minimum absolute atomic E-state index is 0.104. The summed E-state index contributed by atoms with van der Waals surface area (Å²) in [6, 6.07) is -0.621. The zero-order valence-electron chi connectivity index (χ0n) is 13.2. The molecule has 7 nitrogen and oxygen atoms in total. The molecular weight excluding hydrogens is 276 g/mol. The van der Waals surface area contributed by atoms with E-state index in [1.807, 2.05) is 4.90 Å². The van der Waals surface area contributed by atoms with Gasteiger partial charge in [-0.05, 0) is 33.6 Å². The fraction of sp³-hybridized carbons (Fsp3) is 0.857. The molecule has 21 heavy (non-hydrogen) atoms. The van der Waals surface area contributed by atoms with Crippen molar-refractivity contribution in [1.82, 2.24) is 10.2 Å². The Morgan fingerprint density at radius 3 is 2.52 bits per heavy atom. The zero-order chi connectivity index (χ0) is 16.0. The summed E-state index contributed by atoms with van der Waals surface area (Å²) in [4.78, 5) is 24.9. The third-order valence-electron chi connectivity index (χ3n) is 3.27. The molecule has 0 aromatic carbocycles. The monoisotopic (exact) mass is 302 g/mol. The number of nitrogens with one attached hydrogen (secondary N) is 1. The van der Waals surface area contributed by atoms with E-state index >= 15 is 0 Å². The Balaban J connectivity index is 2.55. The summed E-state index contributed by atoms with van der Waals surface area (Å²) in [7, 11) is 1.58. The van der Waals surface area contributed by atoms with Crippen molar-refractivity contribution in [1.29, 1.82) is 0 Å². The van der Waals surface area contributed by atoms with E-state index in [4.69, 9.17) is 9.47 Å². The van der Waals surface area contributed by atoms with Crippen molar-refractivity contribution >= 4 is 12.1 Å². The van der Waals surface area contributed by atoms with E-state index in [0.717, 1.165) is 0 Å². The number of carbonyl (C=O) groups excluding carboxylic acids is 1. The van der Waals surface area contributed by atoms with Gasteiger partial charge in [0.15, 0.2) is 0 Å². The lowest BCUT2D eigenvalue weighted by atomic mass is 9.98. The maximum atomic E-state index is 11.8. The Kier molecular flexibility index (Phi) is 6.42. The van der Waals surface area contributed by atoms with E-state index in [0.29, 0.717) is 32.5 Å². The summed E-state index contributed by atoms with van der Waals surface area (Å²) in [5.74, 6) is -0.832. The van der Waals surface area contributed by atoms with Gasteiger partial charge in [0.2, 0.25) is 0 Å². The SMILES string of the molecule is COCCN1C[C@H](NC(=O)OC(C)(C)C)CC[C@H]1C(=O)O. The Hall–Kier alpha value is -1.34. The van der Waals surface area contributed by atoms with Crippen molar-refractivity contribution < 1.29 is 24.2 Å². The molecule has 0 aliphatic carbocycles. The molecule has 2 N–H and O–H groups in total. The Labute approximate surface area is 125 Å². The van der Waals surface area contributed by atoms with Gasteiger partial charge in [0.25, 0.3) is 0 Å². The van der Waals surface area contributed by atoms with Gasteiger partial charge in [-0.2, -0.15) is 0 Å². The predicted octanol–water partition coefficient (Wildman–Crippen LogP) is 1.08. The highest BCUT2D eigenvalue weighted by Crippen LogP contribution is 2.18. The van der Waals surface area contributed by atoms with Crippen molar-refractivity contribution in [2.24, 2.45) is 0 Å². The van der Waals surface area contributed by atoms with Gasteiger partial charge in [-0.3, -0.25) is 9.69 Å². The maximum Gasteiger partial charge on any atom is 0.407 e. The second-order valence-electron chi connectivity index (χ2n) is 6.26. The van der Waals surface area contributed by atoms with Crippen LogP contribution in [-0.2, 0) is 14.3 Å². The first-order valence-corrected chi connectivity index (χ1v) is 7.18. The van der Waals surface area contributed by atoms with E-state index in [9.17, 15) is 14.7 Å². The van der Waals surface area contributed by atoms with Gasteiger partial charge in [0.05, 0.1) is 6.61 Å². The van der Waals surface area contributed by atoms with E-state index in [1.54, 1.807) is 27.9 Å². The summed E-state index contributed by atoms with van der Waals surface area (Å²) in [6.07, 6.45) is 0.659. The molecule has 1 heterocycles. The first kappa shape index (κ1) is 17.7. The number of likely N-dealkylation sites (tertiary alicyclic amines) is 1. The first-order valence-electron chi connectivity index (χ1n) is 7.18. The molecule has 0 unspecified atom stereocenters. The van der Waals surface area contributed by atoms with Gasteiger partial charge in [-0.1, -0.05) is 0 Å². The molecule has 1 saturated heterocycles. The number of piperidine rings is 1. The molecule has 1 fully saturated rings. The molecule has 7 heteroatoms. The van der Waals surface area contributed by atoms with Crippen molar-refractivity contribution in [3.8, 4) is 0 Å². The lowest BCUT2D eigenvalue weighted by Gasteiger charge is -2.37. The van der Waals surface area contributed by atoms with Gasteiger partial charge >= 0.3 is 12.1 Å². The molecule has 1 amide bonds. The van der Waals surface area contributed by atoms with Crippen molar-refractivity contribution in [3.05, 3.63) is 0 Å². The molecule has 0 radical (unpaired) electrons. The second-order valence-corrected chi connectivity index (χ2v) is 6.26. The number of carboxylic acid groups (broad SMARTS) is 1. The lowest BCUT2D eigenvalue weighted by Crippen LogP contribution is -2.55. The van der Waals surface area contributed by atoms with E-state index in [-0.39, 0.29) is 6.04 Å². The predicted molar refractivity (Wildman–Crippen MR) is 77.3 cm³/mol. The Bertz CT molecular complexity index is 367. The quantitative estimate of drug-likeness (QED) is 0.790. The molecule has 0 bridgehead atoms. The zero-order valence-corrected chi connectivity index (χ0v) is 13.2. The highest BCUT2D eigenvalue weighted by molar-refractivity contribution is 5.73. The number of alkyl carbamates (subject to hydrolysis) is 1. The van der Waals surface area contributed by atoms with Crippen LogP contribution in [-0.4, -0.2) is 66.6 Å². The van der Waals surface area contributed by atoms with Crippen LogP contribution >= 0.6 is 0 Å². The minimum Gasteiger partial charge on any atom is -0.480 e. The maximum absolute atomic E-state index is 11.8. The fourth-order valence-electron chi connectivity index (χ4n) is 2.37. The molecule has 0 aromatic heterocycles. The second kappa shape index (κ2) is 7.61. The highest BCUT2D eigenvalue weighted by Gasteiger charge is 2.33. The number of amides is 1. The van der Waals surface area contributed by atoms with Crippen LogP contribution in [0.25, 0.3) is 0 Å². The van der Waals surface area contributed by atoms with Gasteiger partial charge in [-0.25, -0.2) is 4.79 Å². The van der Waals surface area contributed by atoms with Crippen LogP contribution in [0.5, 0.6) is 0 Å². The summed E-state index contributed by atoms with van der Waals surface area (Å²) in [5.41, 5.74) is -0.544. The number of nitrogens with zero attached hydrogens (tertiary/aromatic N) is 1. The molecule has 1 aliphatic rings. The topological polar surface area (TPSA) is 88.1 Å². The van der Waals surface area contributed by atoms with Crippen LogP contribution in [0, 0.1) is 0 Å². The molecule has 0 saturated carbocycles. The van der Waals surface area contributed by atoms with Crippen molar-refractivity contribution in [2.45, 2.75) is 51.3 Å². The number of carboxylic acids is 1. The largest absolute Gasteiger partial charge is 0.480 e.